The van der Waals surface area contributed by atoms with Gasteiger partial charge in [0.25, 0.3) is 0 Å². The van der Waals surface area contributed by atoms with E-state index in [0.29, 0.717) is 18.0 Å². The van der Waals surface area contributed by atoms with Crippen molar-refractivity contribution in [2.45, 2.75) is 78.7 Å². The van der Waals surface area contributed by atoms with Crippen molar-refractivity contribution in [2.24, 2.45) is 0 Å². The van der Waals surface area contributed by atoms with Crippen molar-refractivity contribution in [3.8, 4) is 0 Å². The Morgan fingerprint density at radius 2 is 1.88 bits per heavy atom. The van der Waals surface area contributed by atoms with Gasteiger partial charge in [-0.1, -0.05) is 44.2 Å². The summed E-state index contributed by atoms with van der Waals surface area (Å²) in [5.41, 5.74) is 0. The highest BCUT2D eigenvalue weighted by molar-refractivity contribution is 5.93. The van der Waals surface area contributed by atoms with Crippen LogP contribution in [0.15, 0.2) is 10.6 Å². The van der Waals surface area contributed by atoms with Crippen LogP contribution in [0.3, 0.4) is 0 Å². The molecule has 0 bridgehead atoms. The van der Waals surface area contributed by atoms with Gasteiger partial charge in [-0.15, -0.1) is 0 Å². The summed E-state index contributed by atoms with van der Waals surface area (Å²) >= 11 is 0. The molecule has 0 aliphatic heterocycles. The summed E-state index contributed by atoms with van der Waals surface area (Å²) in [5.74, 6) is 0.787. The molecule has 1 rings (SSSR count). The minimum absolute atomic E-state index is 0.0117. The van der Waals surface area contributed by atoms with Crippen LogP contribution in [0.4, 0.5) is 5.82 Å². The zero-order chi connectivity index (χ0) is 17.9. The van der Waals surface area contributed by atoms with Crippen LogP contribution < -0.4 is 5.32 Å². The number of rotatable bonds is 11. The maximum atomic E-state index is 12.4. The van der Waals surface area contributed by atoms with Crippen LogP contribution in [0, 0.1) is 6.92 Å². The van der Waals surface area contributed by atoms with E-state index in [-0.39, 0.29) is 24.4 Å². The highest BCUT2D eigenvalue weighted by Crippen LogP contribution is 2.11. The number of hydrogen-bond donors (Lipinski definition) is 1. The fraction of sp³-hybridized carbons (Fsp3) is 0.722. The zero-order valence-electron chi connectivity index (χ0n) is 15.4. The number of carbonyl (C=O) groups excluding carboxylic acids is 2. The summed E-state index contributed by atoms with van der Waals surface area (Å²) < 4.78 is 4.91. The molecule has 0 aliphatic rings. The van der Waals surface area contributed by atoms with Gasteiger partial charge in [-0.05, 0) is 27.2 Å². The van der Waals surface area contributed by atoms with Crippen molar-refractivity contribution in [3.05, 3.63) is 11.8 Å². The first-order chi connectivity index (χ1) is 11.4. The van der Waals surface area contributed by atoms with Gasteiger partial charge in [0.2, 0.25) is 11.8 Å². The number of aryl methyl sites for hydroxylation is 1. The van der Waals surface area contributed by atoms with Crippen LogP contribution in [-0.4, -0.2) is 34.5 Å². The summed E-state index contributed by atoms with van der Waals surface area (Å²) in [7, 11) is 0. The molecule has 1 heterocycles. The highest BCUT2D eigenvalue weighted by Gasteiger charge is 2.20. The Labute approximate surface area is 145 Å². The summed E-state index contributed by atoms with van der Waals surface area (Å²) in [6.07, 6.45) is 7.35. The van der Waals surface area contributed by atoms with Gasteiger partial charge in [-0.25, -0.2) is 0 Å². The second kappa shape index (κ2) is 10.8. The SMILES string of the molecule is CCCCCCCCC(=O)N(CC(=O)Nc1cc(C)on1)C(C)C. The minimum Gasteiger partial charge on any atom is -0.360 e. The second-order valence-corrected chi connectivity index (χ2v) is 6.50. The van der Waals surface area contributed by atoms with Gasteiger partial charge in [-0.3, -0.25) is 9.59 Å². The van der Waals surface area contributed by atoms with Crippen LogP contribution in [0.1, 0.15) is 71.5 Å². The Morgan fingerprint density at radius 1 is 1.21 bits per heavy atom. The van der Waals surface area contributed by atoms with Crippen molar-refractivity contribution < 1.29 is 14.1 Å². The zero-order valence-corrected chi connectivity index (χ0v) is 15.4. The van der Waals surface area contributed by atoms with Crippen molar-refractivity contribution >= 4 is 17.6 Å². The lowest BCUT2D eigenvalue weighted by molar-refractivity contribution is -0.136. The first kappa shape index (κ1) is 20.2. The van der Waals surface area contributed by atoms with Crippen LogP contribution in [-0.2, 0) is 9.59 Å². The number of hydrogen-bond acceptors (Lipinski definition) is 4. The summed E-state index contributed by atoms with van der Waals surface area (Å²) in [4.78, 5) is 26.1. The third-order valence-corrected chi connectivity index (χ3v) is 3.90. The Hall–Kier alpha value is -1.85. The summed E-state index contributed by atoms with van der Waals surface area (Å²) in [5, 5.41) is 6.38. The number of amides is 2. The fourth-order valence-electron chi connectivity index (χ4n) is 2.52. The van der Waals surface area contributed by atoms with E-state index in [1.807, 2.05) is 13.8 Å². The number of anilines is 1. The molecule has 136 valence electrons. The minimum atomic E-state index is -0.256. The molecule has 0 atom stereocenters. The van der Waals surface area contributed by atoms with E-state index in [0.717, 1.165) is 12.8 Å². The number of nitrogens with zero attached hydrogens (tertiary/aromatic N) is 2. The Morgan fingerprint density at radius 3 is 2.46 bits per heavy atom. The molecule has 6 heteroatoms. The molecule has 1 aromatic heterocycles. The van der Waals surface area contributed by atoms with Gasteiger partial charge in [0.05, 0.1) is 0 Å². The van der Waals surface area contributed by atoms with Crippen molar-refractivity contribution in [1.82, 2.24) is 10.1 Å². The van der Waals surface area contributed by atoms with Gasteiger partial charge in [0, 0.05) is 18.5 Å². The van der Waals surface area contributed by atoms with E-state index in [4.69, 9.17) is 4.52 Å². The first-order valence-corrected chi connectivity index (χ1v) is 8.96. The third-order valence-electron chi connectivity index (χ3n) is 3.90. The van der Waals surface area contributed by atoms with E-state index in [2.05, 4.69) is 17.4 Å². The number of aromatic nitrogens is 1. The van der Waals surface area contributed by atoms with Crippen molar-refractivity contribution in [1.29, 1.82) is 0 Å². The van der Waals surface area contributed by atoms with Crippen molar-refractivity contribution in [2.75, 3.05) is 11.9 Å². The van der Waals surface area contributed by atoms with Gasteiger partial charge >= 0.3 is 0 Å². The van der Waals surface area contributed by atoms with E-state index in [1.54, 1.807) is 17.9 Å². The molecular formula is C18H31N3O3. The molecule has 0 unspecified atom stereocenters. The van der Waals surface area contributed by atoms with E-state index in [9.17, 15) is 9.59 Å². The first-order valence-electron chi connectivity index (χ1n) is 8.96. The number of carbonyl (C=O) groups is 2. The summed E-state index contributed by atoms with van der Waals surface area (Å²) in [6.45, 7) is 7.83. The fourth-order valence-corrected chi connectivity index (χ4v) is 2.52. The monoisotopic (exact) mass is 337 g/mol. The molecule has 6 nitrogen and oxygen atoms in total. The Kier molecular flexibility index (Phi) is 9.12. The Balaban J connectivity index is 2.38. The molecule has 0 saturated heterocycles. The van der Waals surface area contributed by atoms with Gasteiger partial charge < -0.3 is 14.7 Å². The predicted octanol–water partition coefficient (Wildman–Crippen LogP) is 3.91. The maximum Gasteiger partial charge on any atom is 0.245 e. The van der Waals surface area contributed by atoms with Gasteiger partial charge in [0.15, 0.2) is 5.82 Å². The van der Waals surface area contributed by atoms with Crippen LogP contribution >= 0.6 is 0 Å². The molecule has 1 N–H and O–H groups in total. The molecular weight excluding hydrogens is 306 g/mol. The average Bonchev–Trinajstić information content (AvgIpc) is 2.92. The van der Waals surface area contributed by atoms with Crippen LogP contribution in [0.5, 0.6) is 0 Å². The average molecular weight is 337 g/mol. The maximum absolute atomic E-state index is 12.4. The van der Waals surface area contributed by atoms with E-state index in [1.165, 1.54) is 25.7 Å². The Bertz CT molecular complexity index is 511. The molecule has 0 radical (unpaired) electrons. The van der Waals surface area contributed by atoms with Crippen LogP contribution in [0.25, 0.3) is 0 Å². The largest absolute Gasteiger partial charge is 0.360 e. The number of nitrogens with one attached hydrogen (secondary N) is 1. The normalized spacial score (nSPS) is 10.9. The lowest BCUT2D eigenvalue weighted by Crippen LogP contribution is -2.42. The molecule has 2 amide bonds. The molecule has 24 heavy (non-hydrogen) atoms. The van der Waals surface area contributed by atoms with Crippen molar-refractivity contribution in [3.63, 3.8) is 0 Å². The van der Waals surface area contributed by atoms with Gasteiger partial charge in [0.1, 0.15) is 12.3 Å². The second-order valence-electron chi connectivity index (χ2n) is 6.50. The smallest absolute Gasteiger partial charge is 0.245 e. The summed E-state index contributed by atoms with van der Waals surface area (Å²) in [6, 6.07) is 1.64. The molecule has 0 saturated carbocycles. The van der Waals surface area contributed by atoms with E-state index < -0.39 is 0 Å². The van der Waals surface area contributed by atoms with Gasteiger partial charge in [-0.2, -0.15) is 0 Å². The molecule has 0 fully saturated rings. The lowest BCUT2D eigenvalue weighted by Gasteiger charge is -2.26. The molecule has 0 aliphatic carbocycles. The molecule has 0 spiro atoms. The topological polar surface area (TPSA) is 75.4 Å². The quantitative estimate of drug-likeness (QED) is 0.621. The standard InChI is InChI=1S/C18H31N3O3/c1-5-6-7-8-9-10-11-18(23)21(14(2)3)13-17(22)19-16-12-15(4)24-20-16/h12,14H,5-11,13H2,1-4H3,(H,19,20,22). The number of unbranched alkanes of at least 4 members (excludes halogenated alkanes) is 5. The lowest BCUT2D eigenvalue weighted by atomic mass is 10.1. The van der Waals surface area contributed by atoms with E-state index >= 15 is 0 Å². The third kappa shape index (κ3) is 7.62. The molecule has 0 aromatic carbocycles. The predicted molar refractivity (Wildman–Crippen MR) is 94.7 cm³/mol. The molecule has 1 aromatic rings. The highest BCUT2D eigenvalue weighted by atomic mass is 16.5. The van der Waals surface area contributed by atoms with Crippen LogP contribution in [0.2, 0.25) is 0 Å².